The zero-order valence-electron chi connectivity index (χ0n) is 13.3. The molecule has 2 heterocycles. The Hall–Kier alpha value is -2.56. The lowest BCUT2D eigenvalue weighted by Crippen LogP contribution is -2.33. The second-order valence-corrected chi connectivity index (χ2v) is 7.14. The van der Waals surface area contributed by atoms with Gasteiger partial charge in [-0.15, -0.1) is 0 Å². The number of hydrogen-bond donors (Lipinski definition) is 1. The van der Waals surface area contributed by atoms with E-state index in [0.29, 0.717) is 5.56 Å². The van der Waals surface area contributed by atoms with Crippen LogP contribution in [0.3, 0.4) is 0 Å². The topological polar surface area (TPSA) is 92.6 Å². The SMILES string of the molecule is O=C(O)CN1C(=O)/C(=C/c2cccc(Oc3nc(Cl)ncc3F)c2)SC1=S. The second-order valence-electron chi connectivity index (χ2n) is 5.13. The summed E-state index contributed by atoms with van der Waals surface area (Å²) < 4.78 is 19.2. The van der Waals surface area contributed by atoms with Crippen LogP contribution in [0.2, 0.25) is 5.28 Å². The molecule has 1 N–H and O–H groups in total. The summed E-state index contributed by atoms with van der Waals surface area (Å²) in [5.41, 5.74) is 0.573. The third kappa shape index (κ3) is 4.59. The van der Waals surface area contributed by atoms with Crippen LogP contribution in [0.1, 0.15) is 5.56 Å². The number of carboxylic acids is 1. The highest BCUT2D eigenvalue weighted by Crippen LogP contribution is 2.33. The minimum atomic E-state index is -1.16. The summed E-state index contributed by atoms with van der Waals surface area (Å²) in [6.45, 7) is -0.501. The van der Waals surface area contributed by atoms with Crippen LogP contribution in [0.25, 0.3) is 6.08 Å². The average Bonchev–Trinajstić information content (AvgIpc) is 2.86. The van der Waals surface area contributed by atoms with Crippen LogP contribution in [0.5, 0.6) is 11.6 Å². The van der Waals surface area contributed by atoms with Gasteiger partial charge >= 0.3 is 5.97 Å². The number of carbonyl (C=O) groups excluding carboxylic acids is 1. The second kappa shape index (κ2) is 7.99. The van der Waals surface area contributed by atoms with Gasteiger partial charge in [-0.3, -0.25) is 14.5 Å². The van der Waals surface area contributed by atoms with E-state index < -0.39 is 24.2 Å². The smallest absolute Gasteiger partial charge is 0.323 e. The van der Waals surface area contributed by atoms with E-state index in [1.54, 1.807) is 24.3 Å². The molecule has 1 aliphatic heterocycles. The van der Waals surface area contributed by atoms with Gasteiger partial charge in [0.1, 0.15) is 16.6 Å². The number of hydrogen-bond acceptors (Lipinski definition) is 7. The van der Waals surface area contributed by atoms with Gasteiger partial charge in [0.05, 0.1) is 11.1 Å². The molecule has 1 amide bonds. The first-order valence-electron chi connectivity index (χ1n) is 7.26. The van der Waals surface area contributed by atoms with Crippen LogP contribution >= 0.6 is 35.6 Å². The summed E-state index contributed by atoms with van der Waals surface area (Å²) in [5.74, 6) is -2.50. The molecule has 3 rings (SSSR count). The van der Waals surface area contributed by atoms with Crippen molar-refractivity contribution in [2.24, 2.45) is 0 Å². The summed E-state index contributed by atoms with van der Waals surface area (Å²) in [6, 6.07) is 6.46. The minimum Gasteiger partial charge on any atom is -0.480 e. The zero-order valence-corrected chi connectivity index (χ0v) is 15.6. The fraction of sp³-hybridized carbons (Fsp3) is 0.0625. The first-order valence-corrected chi connectivity index (χ1v) is 8.87. The monoisotopic (exact) mass is 425 g/mol. The van der Waals surface area contributed by atoms with E-state index in [1.165, 1.54) is 6.08 Å². The number of nitrogens with zero attached hydrogens (tertiary/aromatic N) is 3. The Labute approximate surface area is 166 Å². The maximum atomic E-state index is 13.7. The Kier molecular flexibility index (Phi) is 5.68. The van der Waals surface area contributed by atoms with Crippen molar-refractivity contribution >= 4 is 57.9 Å². The van der Waals surface area contributed by atoms with Crippen molar-refractivity contribution < 1.29 is 23.8 Å². The maximum Gasteiger partial charge on any atom is 0.323 e. The summed E-state index contributed by atoms with van der Waals surface area (Å²) in [6.07, 6.45) is 2.43. The lowest BCUT2D eigenvalue weighted by atomic mass is 10.2. The third-order valence-electron chi connectivity index (χ3n) is 3.22. The van der Waals surface area contributed by atoms with Crippen LogP contribution < -0.4 is 4.74 Å². The molecule has 0 unspecified atom stereocenters. The number of halogens is 2. The number of carbonyl (C=O) groups is 2. The van der Waals surface area contributed by atoms with Crippen molar-refractivity contribution in [3.05, 3.63) is 52.0 Å². The molecule has 2 aromatic rings. The zero-order chi connectivity index (χ0) is 19.6. The van der Waals surface area contributed by atoms with Crippen LogP contribution in [0.15, 0.2) is 35.4 Å². The first kappa shape index (κ1) is 19.2. The normalized spacial score (nSPS) is 15.5. The van der Waals surface area contributed by atoms with E-state index in [-0.39, 0.29) is 26.1 Å². The number of ether oxygens (including phenoxy) is 1. The van der Waals surface area contributed by atoms with Gasteiger partial charge in [-0.1, -0.05) is 36.1 Å². The quantitative estimate of drug-likeness (QED) is 0.443. The Bertz CT molecular complexity index is 986. The van der Waals surface area contributed by atoms with Crippen molar-refractivity contribution in [3.63, 3.8) is 0 Å². The van der Waals surface area contributed by atoms with E-state index in [4.69, 9.17) is 33.7 Å². The maximum absolute atomic E-state index is 13.7. The lowest BCUT2D eigenvalue weighted by molar-refractivity contribution is -0.140. The fourth-order valence-electron chi connectivity index (χ4n) is 2.11. The van der Waals surface area contributed by atoms with Gasteiger partial charge in [0.2, 0.25) is 11.1 Å². The number of amides is 1. The summed E-state index contributed by atoms with van der Waals surface area (Å²) >= 11 is 11.7. The molecule has 0 bridgehead atoms. The molecule has 11 heteroatoms. The number of aromatic nitrogens is 2. The Morgan fingerprint density at radius 2 is 2.26 bits per heavy atom. The highest BCUT2D eigenvalue weighted by atomic mass is 35.5. The Morgan fingerprint density at radius 3 is 3.00 bits per heavy atom. The number of aliphatic carboxylic acids is 1. The summed E-state index contributed by atoms with van der Waals surface area (Å²) in [4.78, 5) is 31.6. The van der Waals surface area contributed by atoms with Crippen LogP contribution in [0, 0.1) is 5.82 Å². The van der Waals surface area contributed by atoms with E-state index >= 15 is 0 Å². The minimum absolute atomic E-state index is 0.162. The lowest BCUT2D eigenvalue weighted by Gasteiger charge is -2.10. The molecule has 138 valence electrons. The largest absolute Gasteiger partial charge is 0.480 e. The molecule has 7 nitrogen and oxygen atoms in total. The highest BCUT2D eigenvalue weighted by molar-refractivity contribution is 8.26. The Morgan fingerprint density at radius 1 is 1.48 bits per heavy atom. The molecule has 27 heavy (non-hydrogen) atoms. The highest BCUT2D eigenvalue weighted by Gasteiger charge is 2.33. The van der Waals surface area contributed by atoms with E-state index in [9.17, 15) is 14.0 Å². The van der Waals surface area contributed by atoms with Gasteiger partial charge < -0.3 is 9.84 Å². The molecule has 1 aromatic carbocycles. The summed E-state index contributed by atoms with van der Waals surface area (Å²) in [7, 11) is 0. The van der Waals surface area contributed by atoms with E-state index in [0.717, 1.165) is 22.9 Å². The standard InChI is InChI=1S/C16H9ClFN3O4S2/c17-15-19-6-10(18)13(20-15)25-9-3-1-2-8(4-9)5-11-14(24)21(7-12(22)23)16(26)27-11/h1-6H,7H2,(H,22,23)/b11-5-. The molecular weight excluding hydrogens is 417 g/mol. The van der Waals surface area contributed by atoms with Gasteiger partial charge in [-0.25, -0.2) is 4.98 Å². The molecule has 0 spiro atoms. The third-order valence-corrected chi connectivity index (χ3v) is 4.78. The van der Waals surface area contributed by atoms with E-state index in [2.05, 4.69) is 9.97 Å². The molecular formula is C16H9ClFN3O4S2. The molecule has 1 aliphatic rings. The number of rotatable bonds is 5. The number of thioether (sulfide) groups is 1. The average molecular weight is 426 g/mol. The van der Waals surface area contributed by atoms with Gasteiger partial charge in [0.15, 0.2) is 0 Å². The van der Waals surface area contributed by atoms with Gasteiger partial charge in [-0.2, -0.15) is 9.37 Å². The van der Waals surface area contributed by atoms with Crippen molar-refractivity contribution in [3.8, 4) is 11.6 Å². The van der Waals surface area contributed by atoms with Crippen LogP contribution in [-0.2, 0) is 9.59 Å². The molecule has 0 aliphatic carbocycles. The van der Waals surface area contributed by atoms with Gasteiger partial charge in [0, 0.05) is 0 Å². The number of benzene rings is 1. The number of carboxylic acid groups (broad SMARTS) is 1. The van der Waals surface area contributed by atoms with Crippen molar-refractivity contribution in [1.29, 1.82) is 0 Å². The molecule has 0 atom stereocenters. The number of thiocarbonyl (C=S) groups is 1. The molecule has 1 fully saturated rings. The van der Waals surface area contributed by atoms with Gasteiger partial charge in [0.25, 0.3) is 11.8 Å². The van der Waals surface area contributed by atoms with Crippen LogP contribution in [0.4, 0.5) is 4.39 Å². The van der Waals surface area contributed by atoms with Crippen LogP contribution in [-0.4, -0.2) is 42.7 Å². The van der Waals surface area contributed by atoms with E-state index in [1.807, 2.05) is 0 Å². The predicted octanol–water partition coefficient (Wildman–Crippen LogP) is 3.35. The van der Waals surface area contributed by atoms with Crippen molar-refractivity contribution in [1.82, 2.24) is 14.9 Å². The first-order chi connectivity index (χ1) is 12.8. The Balaban J connectivity index is 1.83. The molecule has 1 saturated heterocycles. The molecule has 1 aromatic heterocycles. The van der Waals surface area contributed by atoms with Gasteiger partial charge in [-0.05, 0) is 35.4 Å². The predicted molar refractivity (Wildman–Crippen MR) is 101 cm³/mol. The summed E-state index contributed by atoms with van der Waals surface area (Å²) in [5, 5.41) is 8.69. The van der Waals surface area contributed by atoms with Crippen molar-refractivity contribution in [2.75, 3.05) is 6.54 Å². The fourth-order valence-corrected chi connectivity index (χ4v) is 3.49. The molecule has 0 saturated carbocycles. The van der Waals surface area contributed by atoms with Crippen molar-refractivity contribution in [2.45, 2.75) is 0 Å². The molecule has 0 radical (unpaired) electrons.